The highest BCUT2D eigenvalue weighted by Gasteiger charge is 2.20. The number of hydrogen-bond acceptors (Lipinski definition) is 3. The summed E-state index contributed by atoms with van der Waals surface area (Å²) in [5.74, 6) is -1.31. The van der Waals surface area contributed by atoms with Crippen LogP contribution in [0.15, 0.2) is 36.4 Å². The quantitative estimate of drug-likeness (QED) is 0.669. The molecule has 21 heavy (non-hydrogen) atoms. The number of nitrogens with one attached hydrogen (secondary N) is 1. The van der Waals surface area contributed by atoms with Crippen LogP contribution in [-0.2, 0) is 20.9 Å². The van der Waals surface area contributed by atoms with Crippen molar-refractivity contribution in [3.8, 4) is 0 Å². The normalized spacial score (nSPS) is 17.3. The Balaban J connectivity index is 1.71. The zero-order valence-electron chi connectivity index (χ0n) is 11.7. The summed E-state index contributed by atoms with van der Waals surface area (Å²) in [6, 6.07) is 6.20. The predicted molar refractivity (Wildman–Crippen MR) is 75.7 cm³/mol. The van der Waals surface area contributed by atoms with Gasteiger partial charge in [0.1, 0.15) is 5.82 Å². The van der Waals surface area contributed by atoms with Crippen LogP contribution in [0.3, 0.4) is 0 Å². The van der Waals surface area contributed by atoms with E-state index in [2.05, 4.69) is 5.32 Å². The lowest BCUT2D eigenvalue weighted by atomic mass is 9.95. The van der Waals surface area contributed by atoms with Gasteiger partial charge in [0.15, 0.2) is 6.61 Å². The number of hydrogen-bond donors (Lipinski definition) is 1. The predicted octanol–water partition coefficient (Wildman–Crippen LogP) is 2.34. The fraction of sp³-hybridized carbons (Fsp3) is 0.375. The Hall–Kier alpha value is -2.17. The molecule has 5 heteroatoms. The third-order valence-corrected chi connectivity index (χ3v) is 3.38. The molecule has 0 saturated carbocycles. The van der Waals surface area contributed by atoms with Crippen molar-refractivity contribution >= 4 is 11.9 Å². The van der Waals surface area contributed by atoms with E-state index in [4.69, 9.17) is 4.74 Å². The third-order valence-electron chi connectivity index (χ3n) is 3.38. The maximum absolute atomic E-state index is 13.4. The van der Waals surface area contributed by atoms with Gasteiger partial charge in [0.25, 0.3) is 5.91 Å². The Morgan fingerprint density at radius 2 is 2.10 bits per heavy atom. The minimum atomic E-state index is -0.432. The number of carbonyl (C=O) groups excluding carboxylic acids is 2. The number of esters is 1. The second-order valence-electron chi connectivity index (χ2n) is 4.96. The molecule has 0 fully saturated rings. The van der Waals surface area contributed by atoms with Crippen molar-refractivity contribution in [1.29, 1.82) is 0 Å². The van der Waals surface area contributed by atoms with Gasteiger partial charge in [-0.1, -0.05) is 30.4 Å². The van der Waals surface area contributed by atoms with Crippen LogP contribution in [0.2, 0.25) is 0 Å². The zero-order chi connectivity index (χ0) is 15.1. The number of ether oxygens (including phenoxy) is 1. The fourth-order valence-electron chi connectivity index (χ4n) is 2.15. The smallest absolute Gasteiger partial charge is 0.309 e. The highest BCUT2D eigenvalue weighted by Crippen LogP contribution is 2.19. The van der Waals surface area contributed by atoms with Gasteiger partial charge in [0, 0.05) is 12.1 Å². The second-order valence-corrected chi connectivity index (χ2v) is 4.96. The Morgan fingerprint density at radius 3 is 2.81 bits per heavy atom. The molecule has 1 N–H and O–H groups in total. The van der Waals surface area contributed by atoms with E-state index >= 15 is 0 Å². The molecule has 1 aromatic carbocycles. The van der Waals surface area contributed by atoms with E-state index in [1.54, 1.807) is 18.2 Å². The summed E-state index contributed by atoms with van der Waals surface area (Å²) in [4.78, 5) is 23.3. The average molecular weight is 291 g/mol. The lowest BCUT2D eigenvalue weighted by Crippen LogP contribution is -2.30. The standard InChI is InChI=1S/C16H18FNO3/c17-14-9-5-4-8-13(14)10-18-15(19)11-21-16(20)12-6-2-1-3-7-12/h1-2,4-5,8-9,12H,3,6-7,10-11H2,(H,18,19)/t12-/m0/s1. The van der Waals surface area contributed by atoms with Crippen LogP contribution in [0, 0.1) is 11.7 Å². The molecule has 0 unspecified atom stereocenters. The molecule has 4 nitrogen and oxygen atoms in total. The van der Waals surface area contributed by atoms with Gasteiger partial charge >= 0.3 is 5.97 Å². The summed E-state index contributed by atoms with van der Waals surface area (Å²) in [6.07, 6.45) is 6.26. The van der Waals surface area contributed by atoms with Crippen molar-refractivity contribution in [3.63, 3.8) is 0 Å². The van der Waals surface area contributed by atoms with Gasteiger partial charge in [0.2, 0.25) is 0 Å². The molecule has 1 aliphatic rings. The first-order valence-electron chi connectivity index (χ1n) is 6.98. The van der Waals surface area contributed by atoms with E-state index in [1.807, 2.05) is 12.2 Å². The molecule has 1 atom stereocenters. The van der Waals surface area contributed by atoms with Crippen molar-refractivity contribution in [2.75, 3.05) is 6.61 Å². The first kappa shape index (κ1) is 15.2. The Kier molecular flexibility index (Phi) is 5.49. The van der Waals surface area contributed by atoms with E-state index in [9.17, 15) is 14.0 Å². The topological polar surface area (TPSA) is 55.4 Å². The van der Waals surface area contributed by atoms with E-state index < -0.39 is 5.91 Å². The molecule has 1 aliphatic carbocycles. The van der Waals surface area contributed by atoms with Gasteiger partial charge in [-0.3, -0.25) is 9.59 Å². The molecular weight excluding hydrogens is 273 g/mol. The Bertz CT molecular complexity index is 542. The molecule has 0 radical (unpaired) electrons. The molecule has 2 rings (SSSR count). The van der Waals surface area contributed by atoms with Gasteiger partial charge < -0.3 is 10.1 Å². The average Bonchev–Trinajstić information content (AvgIpc) is 2.52. The van der Waals surface area contributed by atoms with Gasteiger partial charge in [0.05, 0.1) is 5.92 Å². The highest BCUT2D eigenvalue weighted by atomic mass is 19.1. The van der Waals surface area contributed by atoms with E-state index in [0.29, 0.717) is 12.0 Å². The molecule has 112 valence electrons. The molecule has 0 spiro atoms. The molecule has 1 amide bonds. The van der Waals surface area contributed by atoms with Crippen LogP contribution in [0.25, 0.3) is 0 Å². The fourth-order valence-corrected chi connectivity index (χ4v) is 2.15. The summed E-state index contributed by atoms with van der Waals surface area (Å²) in [6.45, 7) is -0.247. The summed E-state index contributed by atoms with van der Waals surface area (Å²) in [5.41, 5.74) is 0.398. The van der Waals surface area contributed by atoms with E-state index in [-0.39, 0.29) is 30.9 Å². The van der Waals surface area contributed by atoms with E-state index in [1.165, 1.54) is 6.07 Å². The second kappa shape index (κ2) is 7.57. The number of amides is 1. The first-order chi connectivity index (χ1) is 10.2. The third kappa shape index (κ3) is 4.70. The maximum Gasteiger partial charge on any atom is 0.309 e. The lowest BCUT2D eigenvalue weighted by Gasteiger charge is -2.16. The van der Waals surface area contributed by atoms with Crippen molar-refractivity contribution in [2.45, 2.75) is 25.8 Å². The van der Waals surface area contributed by atoms with Crippen molar-refractivity contribution in [3.05, 3.63) is 47.8 Å². The van der Waals surface area contributed by atoms with Crippen molar-refractivity contribution in [2.24, 2.45) is 5.92 Å². The van der Waals surface area contributed by atoms with Crippen LogP contribution in [-0.4, -0.2) is 18.5 Å². The number of halogens is 1. The minimum absolute atomic E-state index is 0.0786. The van der Waals surface area contributed by atoms with Gasteiger partial charge in [-0.2, -0.15) is 0 Å². The highest BCUT2D eigenvalue weighted by molar-refractivity contribution is 5.81. The van der Waals surface area contributed by atoms with Crippen LogP contribution in [0.4, 0.5) is 4.39 Å². The van der Waals surface area contributed by atoms with Crippen molar-refractivity contribution < 1.29 is 18.7 Å². The molecular formula is C16H18FNO3. The Morgan fingerprint density at radius 1 is 1.29 bits per heavy atom. The zero-order valence-corrected chi connectivity index (χ0v) is 11.7. The summed E-state index contributed by atoms with van der Waals surface area (Å²) < 4.78 is 18.3. The molecule has 0 aromatic heterocycles. The van der Waals surface area contributed by atoms with Gasteiger partial charge in [-0.25, -0.2) is 4.39 Å². The van der Waals surface area contributed by atoms with Gasteiger partial charge in [-0.05, 0) is 25.3 Å². The molecule has 1 aromatic rings. The Labute approximate surface area is 123 Å². The molecule has 0 saturated heterocycles. The van der Waals surface area contributed by atoms with Crippen LogP contribution >= 0.6 is 0 Å². The van der Waals surface area contributed by atoms with Gasteiger partial charge in [-0.15, -0.1) is 0 Å². The maximum atomic E-state index is 13.4. The van der Waals surface area contributed by atoms with E-state index in [0.717, 1.165) is 12.8 Å². The number of rotatable bonds is 5. The largest absolute Gasteiger partial charge is 0.455 e. The SMILES string of the molecule is O=C(COC(=O)[C@H]1CC=CCC1)NCc1ccccc1F. The summed E-state index contributed by atoms with van der Waals surface area (Å²) in [5, 5.41) is 2.53. The van der Waals surface area contributed by atoms with Crippen LogP contribution in [0.1, 0.15) is 24.8 Å². The van der Waals surface area contributed by atoms with Crippen LogP contribution < -0.4 is 5.32 Å². The monoisotopic (exact) mass is 291 g/mol. The molecule has 0 bridgehead atoms. The summed E-state index contributed by atoms with van der Waals surface area (Å²) >= 11 is 0. The lowest BCUT2D eigenvalue weighted by molar-refractivity contribution is -0.152. The molecule has 0 aliphatic heterocycles. The number of allylic oxidation sites excluding steroid dienone is 2. The number of benzene rings is 1. The first-order valence-corrected chi connectivity index (χ1v) is 6.98. The minimum Gasteiger partial charge on any atom is -0.455 e. The van der Waals surface area contributed by atoms with Crippen molar-refractivity contribution in [1.82, 2.24) is 5.32 Å². The number of carbonyl (C=O) groups is 2. The summed E-state index contributed by atoms with van der Waals surface area (Å²) in [7, 11) is 0. The van der Waals surface area contributed by atoms with Crippen LogP contribution in [0.5, 0.6) is 0 Å². The molecule has 0 heterocycles.